The number of nitrogens with zero attached hydrogens (tertiary/aromatic N) is 1. The number of esters is 1. The standard InChI is InChI=1S/C15H13ClN2O5S/c16-10-3-5-12(13(8-10)18(21)22)17-14(19)9-23-15(20)6-4-11-2-1-7-24-11/h1-3,5,7-8H,4,6,9H2,(H,17,19). The van der Waals surface area contributed by atoms with Crippen LogP contribution in [0.2, 0.25) is 5.02 Å². The van der Waals surface area contributed by atoms with Crippen LogP contribution in [0.4, 0.5) is 11.4 Å². The van der Waals surface area contributed by atoms with Crippen LogP contribution < -0.4 is 5.32 Å². The number of ether oxygens (including phenoxy) is 1. The lowest BCUT2D eigenvalue weighted by molar-refractivity contribution is -0.383. The van der Waals surface area contributed by atoms with Crippen molar-refractivity contribution < 1.29 is 19.2 Å². The number of aryl methyl sites for hydroxylation is 1. The summed E-state index contributed by atoms with van der Waals surface area (Å²) < 4.78 is 4.86. The molecule has 2 aromatic rings. The zero-order chi connectivity index (χ0) is 17.5. The number of carbonyl (C=O) groups is 2. The van der Waals surface area contributed by atoms with Crippen molar-refractivity contribution in [1.29, 1.82) is 0 Å². The average molecular weight is 369 g/mol. The largest absolute Gasteiger partial charge is 0.456 e. The molecule has 0 bridgehead atoms. The Bertz CT molecular complexity index is 748. The fourth-order valence-corrected chi connectivity index (χ4v) is 2.72. The van der Waals surface area contributed by atoms with Crippen LogP contribution in [0.3, 0.4) is 0 Å². The molecule has 0 aliphatic carbocycles. The van der Waals surface area contributed by atoms with Gasteiger partial charge in [0.25, 0.3) is 11.6 Å². The van der Waals surface area contributed by atoms with Gasteiger partial charge >= 0.3 is 5.97 Å². The van der Waals surface area contributed by atoms with E-state index in [0.29, 0.717) is 6.42 Å². The number of nitro groups is 1. The first kappa shape index (κ1) is 17.9. The summed E-state index contributed by atoms with van der Waals surface area (Å²) in [5, 5.41) is 15.4. The summed E-state index contributed by atoms with van der Waals surface area (Å²) >= 11 is 7.23. The van der Waals surface area contributed by atoms with Crippen molar-refractivity contribution in [3.8, 4) is 0 Å². The van der Waals surface area contributed by atoms with Crippen molar-refractivity contribution in [3.05, 3.63) is 55.7 Å². The van der Waals surface area contributed by atoms with Crippen molar-refractivity contribution in [2.24, 2.45) is 0 Å². The van der Waals surface area contributed by atoms with E-state index in [1.165, 1.54) is 23.5 Å². The van der Waals surface area contributed by atoms with Gasteiger partial charge in [0.05, 0.1) is 11.3 Å². The van der Waals surface area contributed by atoms with E-state index in [4.69, 9.17) is 16.3 Å². The second-order valence-corrected chi connectivity index (χ2v) is 6.18. The first-order chi connectivity index (χ1) is 11.5. The molecule has 0 saturated heterocycles. The lowest BCUT2D eigenvalue weighted by atomic mass is 10.2. The fourth-order valence-electron chi connectivity index (χ4n) is 1.85. The minimum absolute atomic E-state index is 0.0102. The van der Waals surface area contributed by atoms with Gasteiger partial charge in [-0.05, 0) is 30.0 Å². The van der Waals surface area contributed by atoms with E-state index in [0.717, 1.165) is 10.9 Å². The van der Waals surface area contributed by atoms with Gasteiger partial charge in [0.1, 0.15) is 5.69 Å². The van der Waals surface area contributed by atoms with Gasteiger partial charge in [0.2, 0.25) is 0 Å². The molecule has 7 nitrogen and oxygen atoms in total. The predicted octanol–water partition coefficient (Wildman–Crippen LogP) is 3.42. The first-order valence-electron chi connectivity index (χ1n) is 6.87. The molecule has 0 spiro atoms. The Labute approximate surface area is 146 Å². The normalized spacial score (nSPS) is 10.2. The van der Waals surface area contributed by atoms with Crippen molar-refractivity contribution in [1.82, 2.24) is 0 Å². The number of anilines is 1. The highest BCUT2D eigenvalue weighted by Gasteiger charge is 2.17. The summed E-state index contributed by atoms with van der Waals surface area (Å²) in [6.45, 7) is -0.511. The second-order valence-electron chi connectivity index (χ2n) is 4.71. The molecule has 0 aliphatic heterocycles. The molecule has 0 radical (unpaired) electrons. The van der Waals surface area contributed by atoms with Gasteiger partial charge in [-0.15, -0.1) is 11.3 Å². The van der Waals surface area contributed by atoms with Crippen molar-refractivity contribution in [3.63, 3.8) is 0 Å². The Morgan fingerprint density at radius 3 is 2.79 bits per heavy atom. The van der Waals surface area contributed by atoms with E-state index in [1.807, 2.05) is 17.5 Å². The Balaban J connectivity index is 1.83. The van der Waals surface area contributed by atoms with Gasteiger partial charge in [0.15, 0.2) is 6.61 Å². The van der Waals surface area contributed by atoms with Gasteiger partial charge < -0.3 is 10.1 Å². The highest BCUT2D eigenvalue weighted by molar-refractivity contribution is 7.09. The molecule has 24 heavy (non-hydrogen) atoms. The minimum atomic E-state index is -0.662. The number of carbonyl (C=O) groups excluding carboxylic acids is 2. The van der Waals surface area contributed by atoms with E-state index >= 15 is 0 Å². The van der Waals surface area contributed by atoms with Crippen LogP contribution in [0, 0.1) is 10.1 Å². The average Bonchev–Trinajstić information content (AvgIpc) is 3.06. The van der Waals surface area contributed by atoms with Gasteiger partial charge in [0, 0.05) is 16.0 Å². The summed E-state index contributed by atoms with van der Waals surface area (Å²) in [5.74, 6) is -1.17. The number of hydrogen-bond donors (Lipinski definition) is 1. The molecule has 126 valence electrons. The number of nitrogens with one attached hydrogen (secondary N) is 1. The molecule has 0 aliphatic rings. The predicted molar refractivity (Wildman–Crippen MR) is 90.3 cm³/mol. The molecule has 1 aromatic heterocycles. The molecule has 1 aromatic carbocycles. The summed E-state index contributed by atoms with van der Waals surface area (Å²) in [5.41, 5.74) is -0.344. The summed E-state index contributed by atoms with van der Waals surface area (Å²) in [4.78, 5) is 34.7. The molecular formula is C15H13ClN2O5S. The highest BCUT2D eigenvalue weighted by atomic mass is 35.5. The molecule has 0 unspecified atom stereocenters. The molecule has 1 N–H and O–H groups in total. The van der Waals surface area contributed by atoms with Crippen LogP contribution in [0.15, 0.2) is 35.7 Å². The second kappa shape index (κ2) is 8.42. The molecular weight excluding hydrogens is 356 g/mol. The molecule has 1 heterocycles. The van der Waals surface area contributed by atoms with Crippen LogP contribution in [0.5, 0.6) is 0 Å². The van der Waals surface area contributed by atoms with Crippen LogP contribution in [-0.4, -0.2) is 23.4 Å². The number of hydrogen-bond acceptors (Lipinski definition) is 6. The highest BCUT2D eigenvalue weighted by Crippen LogP contribution is 2.27. The number of nitro benzene ring substituents is 1. The maximum atomic E-state index is 11.8. The van der Waals surface area contributed by atoms with Crippen LogP contribution in [-0.2, 0) is 20.7 Å². The van der Waals surface area contributed by atoms with E-state index in [-0.39, 0.29) is 22.8 Å². The lowest BCUT2D eigenvalue weighted by Crippen LogP contribution is -2.21. The fraction of sp³-hybridized carbons (Fsp3) is 0.200. The van der Waals surface area contributed by atoms with Gasteiger partial charge in [-0.2, -0.15) is 0 Å². The number of amides is 1. The summed E-state index contributed by atoms with van der Waals surface area (Å²) in [6, 6.07) is 7.65. The molecule has 1 amide bonds. The van der Waals surface area contributed by atoms with Crippen molar-refractivity contribution >= 4 is 46.2 Å². The zero-order valence-electron chi connectivity index (χ0n) is 12.4. The summed E-state index contributed by atoms with van der Waals surface area (Å²) in [7, 11) is 0. The third-order valence-corrected chi connectivity index (χ3v) is 4.12. The molecule has 0 saturated carbocycles. The Morgan fingerprint density at radius 2 is 2.12 bits per heavy atom. The molecule has 2 rings (SSSR count). The van der Waals surface area contributed by atoms with E-state index in [9.17, 15) is 19.7 Å². The smallest absolute Gasteiger partial charge is 0.306 e. The van der Waals surface area contributed by atoms with Crippen LogP contribution >= 0.6 is 22.9 Å². The van der Waals surface area contributed by atoms with Crippen LogP contribution in [0.25, 0.3) is 0 Å². The minimum Gasteiger partial charge on any atom is -0.456 e. The summed E-state index contributed by atoms with van der Waals surface area (Å²) in [6.07, 6.45) is 0.704. The third kappa shape index (κ3) is 5.32. The van der Waals surface area contributed by atoms with Gasteiger partial charge in [-0.25, -0.2) is 0 Å². The van der Waals surface area contributed by atoms with Crippen LogP contribution in [0.1, 0.15) is 11.3 Å². The molecule has 0 fully saturated rings. The van der Waals surface area contributed by atoms with Gasteiger partial charge in [-0.3, -0.25) is 19.7 Å². The zero-order valence-corrected chi connectivity index (χ0v) is 13.9. The van der Waals surface area contributed by atoms with E-state index < -0.39 is 23.4 Å². The third-order valence-electron chi connectivity index (χ3n) is 2.95. The number of benzene rings is 1. The number of halogens is 1. The monoisotopic (exact) mass is 368 g/mol. The number of thiophene rings is 1. The van der Waals surface area contributed by atoms with Crippen molar-refractivity contribution in [2.45, 2.75) is 12.8 Å². The van der Waals surface area contributed by atoms with Gasteiger partial charge in [-0.1, -0.05) is 17.7 Å². The van der Waals surface area contributed by atoms with E-state index in [1.54, 1.807) is 0 Å². The number of rotatable bonds is 7. The molecule has 0 atom stereocenters. The Morgan fingerprint density at radius 1 is 1.33 bits per heavy atom. The lowest BCUT2D eigenvalue weighted by Gasteiger charge is -2.07. The maximum absolute atomic E-state index is 11.8. The van der Waals surface area contributed by atoms with Crippen molar-refractivity contribution in [2.75, 3.05) is 11.9 Å². The quantitative estimate of drug-likeness (QED) is 0.458. The maximum Gasteiger partial charge on any atom is 0.306 e. The Kier molecular flexibility index (Phi) is 6.28. The Hall–Kier alpha value is -2.45. The molecule has 9 heteroatoms. The van der Waals surface area contributed by atoms with E-state index in [2.05, 4.69) is 5.32 Å². The SMILES string of the molecule is O=C(COC(=O)CCc1cccs1)Nc1ccc(Cl)cc1[N+](=O)[O-]. The first-order valence-corrected chi connectivity index (χ1v) is 8.13. The topological polar surface area (TPSA) is 98.5 Å².